The SMILES string of the molecule is CCOc1ccc(N([C@@H](C)C(=O)Nc2ccc(S(=O)(=O)Nc3ccc(F)cc3)cc2)S(C)(=O)=O)cc1. The maximum Gasteiger partial charge on any atom is 0.261 e. The van der Waals surface area contributed by atoms with Crippen molar-refractivity contribution in [3.05, 3.63) is 78.6 Å². The molecule has 0 aliphatic rings. The van der Waals surface area contributed by atoms with Crippen LogP contribution in [0.5, 0.6) is 5.75 Å². The summed E-state index contributed by atoms with van der Waals surface area (Å²) in [5.74, 6) is -0.547. The van der Waals surface area contributed by atoms with E-state index in [4.69, 9.17) is 4.74 Å². The molecular weight excluding hydrogens is 509 g/mol. The fourth-order valence-electron chi connectivity index (χ4n) is 3.36. The quantitative estimate of drug-likeness (QED) is 0.407. The lowest BCUT2D eigenvalue weighted by molar-refractivity contribution is -0.116. The Morgan fingerprint density at radius 2 is 1.47 bits per heavy atom. The maximum atomic E-state index is 13.1. The summed E-state index contributed by atoms with van der Waals surface area (Å²) in [4.78, 5) is 12.8. The van der Waals surface area contributed by atoms with Gasteiger partial charge in [0.15, 0.2) is 0 Å². The van der Waals surface area contributed by atoms with E-state index < -0.39 is 37.8 Å². The molecule has 0 aliphatic heterocycles. The number of halogens is 1. The fraction of sp³-hybridized carbons (Fsp3) is 0.208. The van der Waals surface area contributed by atoms with Crippen molar-refractivity contribution in [2.75, 3.05) is 27.2 Å². The van der Waals surface area contributed by atoms with Crippen LogP contribution in [0, 0.1) is 5.82 Å². The molecule has 12 heteroatoms. The number of benzene rings is 3. The highest BCUT2D eigenvalue weighted by Gasteiger charge is 2.29. The molecule has 1 atom stereocenters. The van der Waals surface area contributed by atoms with E-state index in [1.165, 1.54) is 43.3 Å². The van der Waals surface area contributed by atoms with Gasteiger partial charge < -0.3 is 10.1 Å². The van der Waals surface area contributed by atoms with E-state index in [-0.39, 0.29) is 22.0 Å². The Morgan fingerprint density at radius 1 is 0.917 bits per heavy atom. The van der Waals surface area contributed by atoms with E-state index in [1.807, 2.05) is 6.92 Å². The van der Waals surface area contributed by atoms with Crippen LogP contribution in [-0.2, 0) is 24.8 Å². The first-order valence-corrected chi connectivity index (χ1v) is 14.2. The summed E-state index contributed by atoms with van der Waals surface area (Å²) >= 11 is 0. The molecule has 9 nitrogen and oxygen atoms in total. The zero-order chi connectivity index (χ0) is 26.5. The van der Waals surface area contributed by atoms with Crippen molar-refractivity contribution in [1.29, 1.82) is 0 Å². The van der Waals surface area contributed by atoms with Gasteiger partial charge >= 0.3 is 0 Å². The maximum absolute atomic E-state index is 13.1. The van der Waals surface area contributed by atoms with Crippen LogP contribution in [0.15, 0.2) is 77.7 Å². The number of hydrogen-bond donors (Lipinski definition) is 2. The molecule has 192 valence electrons. The van der Waals surface area contributed by atoms with E-state index in [0.29, 0.717) is 12.4 Å². The van der Waals surface area contributed by atoms with Crippen molar-refractivity contribution < 1.29 is 30.8 Å². The molecule has 0 fully saturated rings. The predicted octanol–water partition coefficient (Wildman–Crippen LogP) is 3.82. The first kappa shape index (κ1) is 27.0. The molecule has 0 aromatic heterocycles. The Labute approximate surface area is 210 Å². The highest BCUT2D eigenvalue weighted by atomic mass is 32.2. The summed E-state index contributed by atoms with van der Waals surface area (Å²) in [5, 5.41) is 2.60. The lowest BCUT2D eigenvalue weighted by atomic mass is 10.2. The summed E-state index contributed by atoms with van der Waals surface area (Å²) in [6.45, 7) is 3.72. The van der Waals surface area contributed by atoms with Crippen LogP contribution in [-0.4, -0.2) is 41.6 Å². The average molecular weight is 536 g/mol. The topological polar surface area (TPSA) is 122 Å². The van der Waals surface area contributed by atoms with Crippen LogP contribution in [0.4, 0.5) is 21.5 Å². The zero-order valence-electron chi connectivity index (χ0n) is 19.8. The van der Waals surface area contributed by atoms with Gasteiger partial charge in [0.1, 0.15) is 17.6 Å². The third-order valence-electron chi connectivity index (χ3n) is 5.02. The predicted molar refractivity (Wildman–Crippen MR) is 137 cm³/mol. The molecule has 36 heavy (non-hydrogen) atoms. The van der Waals surface area contributed by atoms with Crippen molar-refractivity contribution >= 4 is 43.0 Å². The third-order valence-corrected chi connectivity index (χ3v) is 7.66. The van der Waals surface area contributed by atoms with Gasteiger partial charge in [0.2, 0.25) is 15.9 Å². The van der Waals surface area contributed by atoms with Gasteiger partial charge in [0.05, 0.1) is 23.4 Å². The molecule has 2 N–H and O–H groups in total. The van der Waals surface area contributed by atoms with Gasteiger partial charge in [-0.3, -0.25) is 13.8 Å². The number of nitrogens with zero attached hydrogens (tertiary/aromatic N) is 1. The number of carbonyl (C=O) groups is 1. The molecule has 0 saturated carbocycles. The molecule has 0 aliphatic carbocycles. The normalized spacial score (nSPS) is 12.4. The molecule has 0 saturated heterocycles. The van der Waals surface area contributed by atoms with E-state index >= 15 is 0 Å². The summed E-state index contributed by atoms with van der Waals surface area (Å²) in [7, 11) is -7.76. The molecule has 0 heterocycles. The summed E-state index contributed by atoms with van der Waals surface area (Å²) < 4.78 is 71.9. The molecule has 0 spiro atoms. The van der Waals surface area contributed by atoms with Gasteiger partial charge in [0.25, 0.3) is 10.0 Å². The minimum Gasteiger partial charge on any atom is -0.494 e. The van der Waals surface area contributed by atoms with Crippen molar-refractivity contribution in [3.8, 4) is 5.75 Å². The van der Waals surface area contributed by atoms with E-state index in [1.54, 1.807) is 24.3 Å². The number of rotatable bonds is 10. The van der Waals surface area contributed by atoms with Crippen LogP contribution in [0.2, 0.25) is 0 Å². The molecular formula is C24H26FN3O6S2. The number of carbonyl (C=O) groups excluding carboxylic acids is 1. The monoisotopic (exact) mass is 535 g/mol. The van der Waals surface area contributed by atoms with Gasteiger partial charge in [-0.1, -0.05) is 0 Å². The molecule has 0 bridgehead atoms. The first-order chi connectivity index (χ1) is 16.9. The average Bonchev–Trinajstić information content (AvgIpc) is 2.81. The van der Waals surface area contributed by atoms with Gasteiger partial charge in [-0.15, -0.1) is 0 Å². The second kappa shape index (κ2) is 11.0. The van der Waals surface area contributed by atoms with Gasteiger partial charge in [0, 0.05) is 11.4 Å². The van der Waals surface area contributed by atoms with E-state index in [2.05, 4.69) is 10.0 Å². The van der Waals surface area contributed by atoms with Crippen molar-refractivity contribution in [3.63, 3.8) is 0 Å². The third kappa shape index (κ3) is 6.73. The zero-order valence-corrected chi connectivity index (χ0v) is 21.4. The van der Waals surface area contributed by atoms with E-state index in [9.17, 15) is 26.0 Å². The second-order valence-electron chi connectivity index (χ2n) is 7.79. The molecule has 3 rings (SSSR count). The Morgan fingerprint density at radius 3 is 2.00 bits per heavy atom. The molecule has 1 amide bonds. The van der Waals surface area contributed by atoms with Gasteiger partial charge in [-0.25, -0.2) is 21.2 Å². The van der Waals surface area contributed by atoms with Gasteiger partial charge in [-0.2, -0.15) is 0 Å². The summed E-state index contributed by atoms with van der Waals surface area (Å²) in [5.41, 5.74) is 0.752. The Kier molecular flexibility index (Phi) is 8.21. The van der Waals surface area contributed by atoms with Crippen molar-refractivity contribution in [1.82, 2.24) is 0 Å². The Balaban J connectivity index is 1.74. The number of anilines is 3. The highest BCUT2D eigenvalue weighted by Crippen LogP contribution is 2.25. The lowest BCUT2D eigenvalue weighted by Gasteiger charge is -2.28. The number of amides is 1. The van der Waals surface area contributed by atoms with Crippen LogP contribution in [0.1, 0.15) is 13.8 Å². The number of ether oxygens (including phenoxy) is 1. The van der Waals surface area contributed by atoms with Crippen LogP contribution < -0.4 is 19.1 Å². The molecule has 0 radical (unpaired) electrons. The van der Waals surface area contributed by atoms with E-state index in [0.717, 1.165) is 22.7 Å². The van der Waals surface area contributed by atoms with Gasteiger partial charge in [-0.05, 0) is 86.6 Å². The standard InChI is InChI=1S/C24H26FN3O6S2/c1-4-34-22-13-11-21(12-14-22)28(35(3,30)31)17(2)24(29)26-19-9-15-23(16-10-19)36(32,33)27-20-7-5-18(25)6-8-20/h5-17,27H,4H2,1-3H3,(H,26,29)/t17-/m0/s1. The van der Waals surface area contributed by atoms with Crippen molar-refractivity contribution in [2.45, 2.75) is 24.8 Å². The number of hydrogen-bond acceptors (Lipinski definition) is 6. The summed E-state index contributed by atoms with van der Waals surface area (Å²) in [6, 6.07) is 15.4. The van der Waals surface area contributed by atoms with Crippen LogP contribution in [0.3, 0.4) is 0 Å². The summed E-state index contributed by atoms with van der Waals surface area (Å²) in [6.07, 6.45) is 1.00. The second-order valence-corrected chi connectivity index (χ2v) is 11.3. The Bertz CT molecular complexity index is 1410. The van der Waals surface area contributed by atoms with Crippen LogP contribution >= 0.6 is 0 Å². The van der Waals surface area contributed by atoms with Crippen molar-refractivity contribution in [2.24, 2.45) is 0 Å². The smallest absolute Gasteiger partial charge is 0.261 e. The largest absolute Gasteiger partial charge is 0.494 e. The van der Waals surface area contributed by atoms with Crippen LogP contribution in [0.25, 0.3) is 0 Å². The lowest BCUT2D eigenvalue weighted by Crippen LogP contribution is -2.45. The molecule has 3 aromatic rings. The first-order valence-electron chi connectivity index (χ1n) is 10.8. The molecule has 0 unspecified atom stereocenters. The Hall–Kier alpha value is -3.64. The number of sulfonamides is 2. The highest BCUT2D eigenvalue weighted by molar-refractivity contribution is 7.92. The minimum absolute atomic E-state index is 0.0787. The fourth-order valence-corrected chi connectivity index (χ4v) is 5.59. The number of nitrogens with one attached hydrogen (secondary N) is 2. The minimum atomic E-state index is -3.95. The molecule has 3 aromatic carbocycles.